The fraction of sp³-hybridized carbons (Fsp3) is 0.222. The zero-order valence-electron chi connectivity index (χ0n) is 15.1. The summed E-state index contributed by atoms with van der Waals surface area (Å²) in [6.07, 6.45) is 1.27. The van der Waals surface area contributed by atoms with Gasteiger partial charge in [0.25, 0.3) is 0 Å². The summed E-state index contributed by atoms with van der Waals surface area (Å²) in [5.41, 5.74) is 0.477. The van der Waals surface area contributed by atoms with E-state index < -0.39 is 0 Å². The standard InChI is InChI=1S/C18H17BrClN5O2S/c1-11(27-13-7-5-12(19)6-8-13)17-23-24-18(25(17)2)28-10-15(26)22-14-4-3-9-21-16(14)20/h3-9,11H,10H2,1-2H3,(H,22,26). The Kier molecular flexibility index (Phi) is 6.93. The quantitative estimate of drug-likeness (QED) is 0.394. The molecule has 28 heavy (non-hydrogen) atoms. The molecule has 0 bridgehead atoms. The zero-order valence-corrected chi connectivity index (χ0v) is 18.3. The molecule has 0 aliphatic heterocycles. The number of aromatic nitrogens is 4. The van der Waals surface area contributed by atoms with Gasteiger partial charge < -0.3 is 14.6 Å². The molecule has 10 heteroatoms. The fourth-order valence-electron chi connectivity index (χ4n) is 2.37. The number of thioether (sulfide) groups is 1. The van der Waals surface area contributed by atoms with Gasteiger partial charge >= 0.3 is 0 Å². The van der Waals surface area contributed by atoms with Gasteiger partial charge in [-0.1, -0.05) is 39.3 Å². The Labute approximate surface area is 180 Å². The lowest BCUT2D eigenvalue weighted by Crippen LogP contribution is -2.15. The summed E-state index contributed by atoms with van der Waals surface area (Å²) >= 11 is 10.6. The number of amides is 1. The molecule has 146 valence electrons. The molecule has 1 unspecified atom stereocenters. The van der Waals surface area contributed by atoms with Crippen molar-refractivity contribution in [1.82, 2.24) is 19.7 Å². The summed E-state index contributed by atoms with van der Waals surface area (Å²) < 4.78 is 8.71. The third-order valence-electron chi connectivity index (χ3n) is 3.72. The maximum Gasteiger partial charge on any atom is 0.234 e. The largest absolute Gasteiger partial charge is 0.483 e. The van der Waals surface area contributed by atoms with Crippen LogP contribution in [0.25, 0.3) is 0 Å². The lowest BCUT2D eigenvalue weighted by atomic mass is 10.3. The Morgan fingerprint density at radius 3 is 2.79 bits per heavy atom. The van der Waals surface area contributed by atoms with Crippen molar-refractivity contribution in [3.05, 3.63) is 58.0 Å². The number of ether oxygens (including phenoxy) is 1. The van der Waals surface area contributed by atoms with Gasteiger partial charge in [-0.15, -0.1) is 10.2 Å². The highest BCUT2D eigenvalue weighted by Gasteiger charge is 2.18. The number of hydrogen-bond acceptors (Lipinski definition) is 6. The predicted molar refractivity (Wildman–Crippen MR) is 113 cm³/mol. The summed E-state index contributed by atoms with van der Waals surface area (Å²) in [4.78, 5) is 16.1. The lowest BCUT2D eigenvalue weighted by Gasteiger charge is -2.14. The molecule has 0 aliphatic carbocycles. The minimum atomic E-state index is -0.295. The number of halogens is 2. The molecule has 1 atom stereocenters. The second kappa shape index (κ2) is 9.40. The van der Waals surface area contributed by atoms with Gasteiger partial charge in [0.2, 0.25) is 5.91 Å². The Morgan fingerprint density at radius 1 is 1.32 bits per heavy atom. The third kappa shape index (κ3) is 5.24. The van der Waals surface area contributed by atoms with Gasteiger partial charge in [0.05, 0.1) is 11.4 Å². The van der Waals surface area contributed by atoms with E-state index in [2.05, 4.69) is 36.4 Å². The van der Waals surface area contributed by atoms with E-state index in [0.717, 1.165) is 10.2 Å². The molecule has 0 aliphatic rings. The van der Waals surface area contributed by atoms with E-state index in [-0.39, 0.29) is 22.9 Å². The number of hydrogen-bond donors (Lipinski definition) is 1. The molecule has 0 saturated carbocycles. The summed E-state index contributed by atoms with van der Waals surface area (Å²) in [6.45, 7) is 1.90. The first kappa shape index (κ1) is 20.6. The first-order chi connectivity index (χ1) is 13.4. The Morgan fingerprint density at radius 2 is 2.07 bits per heavy atom. The Hall–Kier alpha value is -2.10. The number of rotatable bonds is 7. The van der Waals surface area contributed by atoms with Crippen LogP contribution in [0.4, 0.5) is 5.69 Å². The van der Waals surface area contributed by atoms with Crippen LogP contribution >= 0.6 is 39.3 Å². The van der Waals surface area contributed by atoms with Crippen LogP contribution in [0.1, 0.15) is 18.9 Å². The summed E-state index contributed by atoms with van der Waals surface area (Å²) in [6, 6.07) is 11.0. The second-order valence-corrected chi connectivity index (χ2v) is 8.01. The molecule has 1 N–H and O–H groups in total. The van der Waals surface area contributed by atoms with E-state index in [4.69, 9.17) is 16.3 Å². The van der Waals surface area contributed by atoms with Crippen LogP contribution in [0.2, 0.25) is 5.15 Å². The highest BCUT2D eigenvalue weighted by atomic mass is 79.9. The van der Waals surface area contributed by atoms with Gasteiger partial charge in [-0.25, -0.2) is 4.98 Å². The van der Waals surface area contributed by atoms with E-state index in [1.807, 2.05) is 42.8 Å². The van der Waals surface area contributed by atoms with E-state index >= 15 is 0 Å². The van der Waals surface area contributed by atoms with Crippen LogP contribution < -0.4 is 10.1 Å². The fourth-order valence-corrected chi connectivity index (χ4v) is 3.52. The molecular formula is C18H17BrClN5O2S. The van der Waals surface area contributed by atoms with Crippen molar-refractivity contribution in [3.8, 4) is 5.75 Å². The van der Waals surface area contributed by atoms with Crippen molar-refractivity contribution in [2.45, 2.75) is 18.2 Å². The SMILES string of the molecule is CC(Oc1ccc(Br)cc1)c1nnc(SCC(=O)Nc2cccnc2Cl)n1C. The molecule has 0 radical (unpaired) electrons. The summed E-state index contributed by atoms with van der Waals surface area (Å²) in [7, 11) is 1.84. The molecule has 7 nitrogen and oxygen atoms in total. The van der Waals surface area contributed by atoms with Gasteiger partial charge in [-0.05, 0) is 43.3 Å². The number of anilines is 1. The molecular weight excluding hydrogens is 466 g/mol. The van der Waals surface area contributed by atoms with E-state index in [9.17, 15) is 4.79 Å². The molecule has 2 heterocycles. The van der Waals surface area contributed by atoms with Crippen LogP contribution in [0, 0.1) is 0 Å². The van der Waals surface area contributed by atoms with Crippen LogP contribution in [-0.2, 0) is 11.8 Å². The number of nitrogens with one attached hydrogen (secondary N) is 1. The van der Waals surface area contributed by atoms with Crippen LogP contribution in [0.3, 0.4) is 0 Å². The van der Waals surface area contributed by atoms with E-state index in [1.165, 1.54) is 11.8 Å². The maximum absolute atomic E-state index is 12.2. The molecule has 0 spiro atoms. The second-order valence-electron chi connectivity index (χ2n) is 5.79. The third-order valence-corrected chi connectivity index (χ3v) is 5.57. The van der Waals surface area contributed by atoms with Gasteiger partial charge in [0.15, 0.2) is 22.2 Å². The van der Waals surface area contributed by atoms with Crippen LogP contribution in [-0.4, -0.2) is 31.4 Å². The number of carbonyl (C=O) groups excluding carboxylic acids is 1. The van der Waals surface area contributed by atoms with Crippen molar-refractivity contribution < 1.29 is 9.53 Å². The van der Waals surface area contributed by atoms with Crippen molar-refractivity contribution >= 4 is 50.9 Å². The van der Waals surface area contributed by atoms with E-state index in [1.54, 1.807) is 18.3 Å². The predicted octanol–water partition coefficient (Wildman–Crippen LogP) is 4.50. The van der Waals surface area contributed by atoms with Crippen LogP contribution in [0.15, 0.2) is 52.2 Å². The first-order valence-corrected chi connectivity index (χ1v) is 10.4. The number of pyridine rings is 1. The number of nitrogens with zero attached hydrogens (tertiary/aromatic N) is 4. The van der Waals surface area contributed by atoms with E-state index in [0.29, 0.717) is 16.7 Å². The average molecular weight is 483 g/mol. The topological polar surface area (TPSA) is 81.9 Å². The molecule has 3 rings (SSSR count). The molecule has 3 aromatic rings. The average Bonchev–Trinajstić information content (AvgIpc) is 3.04. The number of carbonyl (C=O) groups is 1. The molecule has 1 amide bonds. The monoisotopic (exact) mass is 481 g/mol. The normalized spacial score (nSPS) is 11.9. The minimum Gasteiger partial charge on any atom is -0.483 e. The molecule has 2 aromatic heterocycles. The van der Waals surface area contributed by atoms with Gasteiger partial charge in [-0.3, -0.25) is 4.79 Å². The van der Waals surface area contributed by atoms with Crippen LogP contribution in [0.5, 0.6) is 5.75 Å². The van der Waals surface area contributed by atoms with Crippen molar-refractivity contribution in [2.75, 3.05) is 11.1 Å². The number of benzene rings is 1. The minimum absolute atomic E-state index is 0.166. The maximum atomic E-state index is 12.2. The van der Waals surface area contributed by atoms with Gasteiger partial charge in [0.1, 0.15) is 5.75 Å². The Bertz CT molecular complexity index is 967. The van der Waals surface area contributed by atoms with Crippen molar-refractivity contribution in [3.63, 3.8) is 0 Å². The first-order valence-electron chi connectivity index (χ1n) is 8.28. The zero-order chi connectivity index (χ0) is 20.1. The highest BCUT2D eigenvalue weighted by Crippen LogP contribution is 2.25. The summed E-state index contributed by atoms with van der Waals surface area (Å²) in [5, 5.41) is 12.0. The van der Waals surface area contributed by atoms with Crippen molar-refractivity contribution in [2.24, 2.45) is 7.05 Å². The molecule has 0 fully saturated rings. The lowest BCUT2D eigenvalue weighted by molar-refractivity contribution is -0.113. The smallest absolute Gasteiger partial charge is 0.234 e. The highest BCUT2D eigenvalue weighted by molar-refractivity contribution is 9.10. The Balaban J connectivity index is 1.58. The molecule has 1 aromatic carbocycles. The summed E-state index contributed by atoms with van der Waals surface area (Å²) in [5.74, 6) is 1.37. The van der Waals surface area contributed by atoms with Crippen molar-refractivity contribution in [1.29, 1.82) is 0 Å². The van der Waals surface area contributed by atoms with Gasteiger partial charge in [0, 0.05) is 17.7 Å². The molecule has 0 saturated heterocycles. The van der Waals surface area contributed by atoms with Gasteiger partial charge in [-0.2, -0.15) is 0 Å².